The number of imide groups is 1. The Morgan fingerprint density at radius 2 is 1.88 bits per heavy atom. The lowest BCUT2D eigenvalue weighted by Gasteiger charge is -2.13. The van der Waals surface area contributed by atoms with E-state index in [1.165, 1.54) is 12.0 Å². The number of hydrogen-bond donors (Lipinski definition) is 0. The summed E-state index contributed by atoms with van der Waals surface area (Å²) < 4.78 is 17.0. The van der Waals surface area contributed by atoms with E-state index in [0.29, 0.717) is 56.1 Å². The van der Waals surface area contributed by atoms with Crippen LogP contribution >= 0.6 is 50.9 Å². The van der Waals surface area contributed by atoms with Crippen molar-refractivity contribution in [2.24, 2.45) is 0 Å². The van der Waals surface area contributed by atoms with Crippen LogP contribution in [0.5, 0.6) is 11.5 Å². The van der Waals surface area contributed by atoms with Gasteiger partial charge in [-0.2, -0.15) is 0 Å². The number of carbonyl (C=O) groups is 2. The number of hydrogen-bond acceptors (Lipinski definition) is 6. The summed E-state index contributed by atoms with van der Waals surface area (Å²) in [5.74, 6) is 0.677. The van der Waals surface area contributed by atoms with Crippen LogP contribution in [0.2, 0.25) is 10.0 Å². The summed E-state index contributed by atoms with van der Waals surface area (Å²) >= 11 is 16.4. The molecular formula is C22H20BrCl2NO5S. The smallest absolute Gasteiger partial charge is 0.293 e. The maximum atomic E-state index is 12.6. The number of amides is 2. The third-order valence-electron chi connectivity index (χ3n) is 4.55. The van der Waals surface area contributed by atoms with Gasteiger partial charge in [-0.05, 0) is 59.7 Å². The van der Waals surface area contributed by atoms with E-state index in [1.807, 2.05) is 6.07 Å². The Hall–Kier alpha value is -1.71. The first kappa shape index (κ1) is 24.9. The minimum absolute atomic E-state index is 0.263. The summed E-state index contributed by atoms with van der Waals surface area (Å²) in [6.07, 6.45) is 2.25. The first-order valence-electron chi connectivity index (χ1n) is 9.52. The summed E-state index contributed by atoms with van der Waals surface area (Å²) in [6, 6.07) is 8.77. The molecule has 0 bridgehead atoms. The summed E-state index contributed by atoms with van der Waals surface area (Å²) in [4.78, 5) is 26.4. The van der Waals surface area contributed by atoms with Gasteiger partial charge in [0.1, 0.15) is 6.61 Å². The molecule has 2 aromatic carbocycles. The molecule has 0 aromatic heterocycles. The van der Waals surface area contributed by atoms with Crippen molar-refractivity contribution in [1.29, 1.82) is 0 Å². The standard InChI is InChI=1S/C22H20BrCl2NO5S/c1-29-7-3-6-26-21(27)20(32-22(26)28)10-14-9-18(30-2)19(11-15(14)23)31-12-13-4-5-16(24)17(25)8-13/h4-5,8-11H,3,6-7,12H2,1-2H3/b20-10+. The van der Waals surface area contributed by atoms with Crippen LogP contribution in [-0.4, -0.2) is 43.4 Å². The molecule has 32 heavy (non-hydrogen) atoms. The molecule has 0 radical (unpaired) electrons. The molecule has 0 aliphatic carbocycles. The van der Waals surface area contributed by atoms with Crippen molar-refractivity contribution in [2.75, 3.05) is 27.4 Å². The van der Waals surface area contributed by atoms with E-state index in [-0.39, 0.29) is 17.8 Å². The lowest BCUT2D eigenvalue weighted by molar-refractivity contribution is -0.122. The molecule has 0 unspecified atom stereocenters. The van der Waals surface area contributed by atoms with Crippen LogP contribution in [0.1, 0.15) is 17.5 Å². The highest BCUT2D eigenvalue weighted by Crippen LogP contribution is 2.38. The van der Waals surface area contributed by atoms with Gasteiger partial charge in [0, 0.05) is 24.7 Å². The van der Waals surface area contributed by atoms with E-state index in [0.717, 1.165) is 17.3 Å². The highest BCUT2D eigenvalue weighted by molar-refractivity contribution is 9.10. The molecule has 1 aliphatic heterocycles. The zero-order valence-electron chi connectivity index (χ0n) is 17.3. The van der Waals surface area contributed by atoms with Crippen LogP contribution in [-0.2, 0) is 16.1 Å². The largest absolute Gasteiger partial charge is 0.493 e. The molecular weight excluding hydrogens is 541 g/mol. The van der Waals surface area contributed by atoms with E-state index >= 15 is 0 Å². The minimum atomic E-state index is -0.318. The second-order valence-corrected chi connectivity index (χ2v) is 9.40. The summed E-state index contributed by atoms with van der Waals surface area (Å²) in [5.41, 5.74) is 1.54. The zero-order chi connectivity index (χ0) is 23.3. The highest BCUT2D eigenvalue weighted by Gasteiger charge is 2.34. The lowest BCUT2D eigenvalue weighted by atomic mass is 10.1. The number of methoxy groups -OCH3 is 2. The molecule has 170 valence electrons. The quantitative estimate of drug-likeness (QED) is 0.260. The molecule has 1 heterocycles. The third kappa shape index (κ3) is 5.99. The van der Waals surface area contributed by atoms with Crippen molar-refractivity contribution >= 4 is 68.1 Å². The van der Waals surface area contributed by atoms with Gasteiger partial charge < -0.3 is 14.2 Å². The Kier molecular flexibility index (Phi) is 8.90. The fourth-order valence-electron chi connectivity index (χ4n) is 2.93. The molecule has 1 saturated heterocycles. The molecule has 6 nitrogen and oxygen atoms in total. The molecule has 3 rings (SSSR count). The van der Waals surface area contributed by atoms with E-state index in [1.54, 1.807) is 37.5 Å². The van der Waals surface area contributed by atoms with Crippen molar-refractivity contribution < 1.29 is 23.8 Å². The van der Waals surface area contributed by atoms with Crippen LogP contribution in [0, 0.1) is 0 Å². The number of nitrogens with zero attached hydrogens (tertiary/aromatic N) is 1. The molecule has 0 spiro atoms. The molecule has 0 atom stereocenters. The van der Waals surface area contributed by atoms with E-state index < -0.39 is 0 Å². The maximum Gasteiger partial charge on any atom is 0.293 e. The number of benzene rings is 2. The monoisotopic (exact) mass is 559 g/mol. The molecule has 0 N–H and O–H groups in total. The second-order valence-electron chi connectivity index (χ2n) is 6.74. The summed E-state index contributed by atoms with van der Waals surface area (Å²) in [6.45, 7) is 1.06. The second kappa shape index (κ2) is 11.4. The first-order valence-corrected chi connectivity index (χ1v) is 11.9. The maximum absolute atomic E-state index is 12.6. The van der Waals surface area contributed by atoms with Crippen LogP contribution < -0.4 is 9.47 Å². The Bertz CT molecular complexity index is 1060. The Morgan fingerprint density at radius 3 is 2.56 bits per heavy atom. The molecule has 0 saturated carbocycles. The van der Waals surface area contributed by atoms with Crippen LogP contribution in [0.15, 0.2) is 39.7 Å². The van der Waals surface area contributed by atoms with E-state index in [2.05, 4.69) is 15.9 Å². The fourth-order valence-corrected chi connectivity index (χ4v) is 4.54. The van der Waals surface area contributed by atoms with Gasteiger partial charge >= 0.3 is 0 Å². The van der Waals surface area contributed by atoms with Crippen molar-refractivity contribution in [1.82, 2.24) is 4.90 Å². The Balaban J connectivity index is 1.78. The highest BCUT2D eigenvalue weighted by atomic mass is 79.9. The Morgan fingerprint density at radius 1 is 1.09 bits per heavy atom. The van der Waals surface area contributed by atoms with Gasteiger partial charge in [0.15, 0.2) is 11.5 Å². The van der Waals surface area contributed by atoms with Crippen LogP contribution in [0.3, 0.4) is 0 Å². The van der Waals surface area contributed by atoms with Gasteiger partial charge in [0.2, 0.25) is 0 Å². The third-order valence-corrected chi connectivity index (χ3v) is 6.88. The van der Waals surface area contributed by atoms with Gasteiger partial charge in [-0.25, -0.2) is 0 Å². The van der Waals surface area contributed by atoms with Gasteiger partial charge in [0.25, 0.3) is 11.1 Å². The van der Waals surface area contributed by atoms with E-state index in [9.17, 15) is 9.59 Å². The molecule has 2 aromatic rings. The lowest BCUT2D eigenvalue weighted by Crippen LogP contribution is -2.29. The fraction of sp³-hybridized carbons (Fsp3) is 0.273. The van der Waals surface area contributed by atoms with Gasteiger partial charge in [-0.3, -0.25) is 14.5 Å². The SMILES string of the molecule is COCCCN1C(=O)S/C(=C/c2cc(OC)c(OCc3ccc(Cl)c(Cl)c3)cc2Br)C1=O. The Labute approximate surface area is 208 Å². The zero-order valence-corrected chi connectivity index (χ0v) is 21.2. The number of rotatable bonds is 9. The average Bonchev–Trinajstić information content (AvgIpc) is 3.03. The van der Waals surface area contributed by atoms with Crippen LogP contribution in [0.25, 0.3) is 6.08 Å². The average molecular weight is 561 g/mol. The summed E-state index contributed by atoms with van der Waals surface area (Å²) in [5, 5.41) is 0.637. The number of thioether (sulfide) groups is 1. The van der Waals surface area contributed by atoms with Gasteiger partial charge in [-0.1, -0.05) is 45.2 Å². The number of halogens is 3. The predicted molar refractivity (Wildman–Crippen MR) is 131 cm³/mol. The molecule has 2 amide bonds. The van der Waals surface area contributed by atoms with Gasteiger partial charge in [-0.15, -0.1) is 0 Å². The topological polar surface area (TPSA) is 65.1 Å². The molecule has 1 fully saturated rings. The van der Waals surface area contributed by atoms with Crippen molar-refractivity contribution in [3.8, 4) is 11.5 Å². The number of carbonyl (C=O) groups excluding carboxylic acids is 2. The molecule has 10 heteroatoms. The minimum Gasteiger partial charge on any atom is -0.493 e. The summed E-state index contributed by atoms with van der Waals surface area (Å²) in [7, 11) is 3.11. The van der Waals surface area contributed by atoms with Crippen LogP contribution in [0.4, 0.5) is 4.79 Å². The number of ether oxygens (including phenoxy) is 3. The molecule has 1 aliphatic rings. The van der Waals surface area contributed by atoms with Gasteiger partial charge in [0.05, 0.1) is 22.1 Å². The van der Waals surface area contributed by atoms with Crippen molar-refractivity contribution in [3.05, 3.63) is 60.9 Å². The normalized spacial score (nSPS) is 15.0. The first-order chi connectivity index (χ1) is 15.3. The van der Waals surface area contributed by atoms with Crippen molar-refractivity contribution in [2.45, 2.75) is 13.0 Å². The van der Waals surface area contributed by atoms with Crippen molar-refractivity contribution in [3.63, 3.8) is 0 Å². The van der Waals surface area contributed by atoms with E-state index in [4.69, 9.17) is 37.4 Å². The predicted octanol–water partition coefficient (Wildman–Crippen LogP) is 6.42.